The van der Waals surface area contributed by atoms with Gasteiger partial charge >= 0.3 is 0 Å². The summed E-state index contributed by atoms with van der Waals surface area (Å²) in [6, 6.07) is 4.34. The van der Waals surface area contributed by atoms with Crippen molar-refractivity contribution in [1.82, 2.24) is 0 Å². The van der Waals surface area contributed by atoms with Gasteiger partial charge in [-0.05, 0) is 61.9 Å². The quantitative estimate of drug-likeness (QED) is 0.854. The van der Waals surface area contributed by atoms with Gasteiger partial charge in [0.1, 0.15) is 17.4 Å². The van der Waals surface area contributed by atoms with Gasteiger partial charge < -0.3 is 10.5 Å². The van der Waals surface area contributed by atoms with Crippen molar-refractivity contribution >= 4 is 5.78 Å². The second-order valence-electron chi connectivity index (χ2n) is 6.71. The fourth-order valence-corrected chi connectivity index (χ4v) is 3.83. The highest BCUT2D eigenvalue weighted by molar-refractivity contribution is 5.99. The van der Waals surface area contributed by atoms with Gasteiger partial charge in [0.05, 0.1) is 5.92 Å². The molecule has 2 aliphatic rings. The minimum Gasteiger partial charge on any atom is -0.444 e. The third-order valence-electron chi connectivity index (χ3n) is 5.32. The summed E-state index contributed by atoms with van der Waals surface area (Å²) in [7, 11) is 0. The molecule has 0 saturated carbocycles. The van der Waals surface area contributed by atoms with Crippen molar-refractivity contribution in [1.29, 1.82) is 5.26 Å². The first-order chi connectivity index (χ1) is 11.4. The van der Waals surface area contributed by atoms with Crippen LogP contribution < -0.4 is 5.73 Å². The lowest BCUT2D eigenvalue weighted by Crippen LogP contribution is -2.28. The molecule has 124 valence electrons. The van der Waals surface area contributed by atoms with Gasteiger partial charge in [0.25, 0.3) is 0 Å². The number of ether oxygens (including phenoxy) is 1. The van der Waals surface area contributed by atoms with Gasteiger partial charge in [0.2, 0.25) is 5.88 Å². The van der Waals surface area contributed by atoms with Gasteiger partial charge in [-0.3, -0.25) is 4.79 Å². The molecule has 1 heterocycles. The number of carbonyl (C=O) groups is 1. The van der Waals surface area contributed by atoms with Gasteiger partial charge in [-0.25, -0.2) is 0 Å². The van der Waals surface area contributed by atoms with Crippen molar-refractivity contribution in [3.63, 3.8) is 0 Å². The third kappa shape index (κ3) is 2.32. The number of benzene rings is 1. The first-order valence-corrected chi connectivity index (χ1v) is 8.28. The van der Waals surface area contributed by atoms with E-state index in [0.29, 0.717) is 29.7 Å². The molecule has 0 saturated heterocycles. The minimum absolute atomic E-state index is 0.0689. The Morgan fingerprint density at radius 2 is 1.79 bits per heavy atom. The molecular formula is C20H22N2O2. The van der Waals surface area contributed by atoms with E-state index in [4.69, 9.17) is 10.5 Å². The predicted octanol–water partition coefficient (Wildman–Crippen LogP) is 3.74. The molecule has 1 aliphatic carbocycles. The molecule has 0 fully saturated rings. The van der Waals surface area contributed by atoms with Crippen molar-refractivity contribution in [3.05, 3.63) is 56.7 Å². The van der Waals surface area contributed by atoms with E-state index in [1.165, 1.54) is 0 Å². The van der Waals surface area contributed by atoms with Crippen LogP contribution in [0.3, 0.4) is 0 Å². The Morgan fingerprint density at radius 1 is 1.17 bits per heavy atom. The van der Waals surface area contributed by atoms with Crippen molar-refractivity contribution in [2.75, 3.05) is 0 Å². The smallest absolute Gasteiger partial charge is 0.205 e. The number of nitrogens with two attached hydrogens (primary N) is 1. The summed E-state index contributed by atoms with van der Waals surface area (Å²) in [5, 5.41) is 9.69. The van der Waals surface area contributed by atoms with E-state index >= 15 is 0 Å². The Balaban J connectivity index is 2.34. The maximum Gasteiger partial charge on any atom is 0.205 e. The highest BCUT2D eigenvalue weighted by Gasteiger charge is 2.39. The van der Waals surface area contributed by atoms with Gasteiger partial charge in [0, 0.05) is 18.4 Å². The number of hydrogen-bond acceptors (Lipinski definition) is 4. The normalized spacial score (nSPS) is 20.6. The lowest BCUT2D eigenvalue weighted by atomic mass is 9.74. The topological polar surface area (TPSA) is 76.1 Å². The van der Waals surface area contributed by atoms with Crippen LogP contribution in [0.4, 0.5) is 0 Å². The van der Waals surface area contributed by atoms with Gasteiger partial charge in [-0.2, -0.15) is 5.26 Å². The molecule has 1 atom stereocenters. The van der Waals surface area contributed by atoms with E-state index in [0.717, 1.165) is 34.2 Å². The van der Waals surface area contributed by atoms with E-state index < -0.39 is 5.92 Å². The summed E-state index contributed by atoms with van der Waals surface area (Å²) in [5.74, 6) is 0.434. The average molecular weight is 322 g/mol. The fourth-order valence-electron chi connectivity index (χ4n) is 3.83. The van der Waals surface area contributed by atoms with Crippen molar-refractivity contribution in [2.24, 2.45) is 5.73 Å². The standard InChI is InChI=1S/C20H22N2O2/c1-10-8-11(2)13(4)17(12(10)3)18-14(9-21)20(22)24-16-7-5-6-15(23)19(16)18/h8,18H,5-7,22H2,1-4H3. The SMILES string of the molecule is Cc1cc(C)c(C)c(C2C(C#N)=C(N)OC3=C2C(=O)CCC3)c1C. The fraction of sp³-hybridized carbons (Fsp3) is 0.400. The number of ketones is 1. The average Bonchev–Trinajstić information content (AvgIpc) is 2.53. The second kappa shape index (κ2) is 5.83. The lowest BCUT2D eigenvalue weighted by molar-refractivity contribution is -0.116. The molecule has 1 aliphatic heterocycles. The predicted molar refractivity (Wildman–Crippen MR) is 91.9 cm³/mol. The summed E-state index contributed by atoms with van der Waals surface area (Å²) >= 11 is 0. The monoisotopic (exact) mass is 322 g/mol. The van der Waals surface area contributed by atoms with Crippen LogP contribution >= 0.6 is 0 Å². The van der Waals surface area contributed by atoms with Crippen molar-refractivity contribution in [2.45, 2.75) is 52.9 Å². The maximum atomic E-state index is 12.7. The number of nitriles is 1. The number of hydrogen-bond donors (Lipinski definition) is 1. The van der Waals surface area contributed by atoms with E-state index in [2.05, 4.69) is 26.0 Å². The number of aryl methyl sites for hydroxylation is 2. The van der Waals surface area contributed by atoms with Crippen molar-refractivity contribution in [3.8, 4) is 6.07 Å². The molecule has 3 rings (SSSR count). The van der Waals surface area contributed by atoms with Crippen LogP contribution in [0.25, 0.3) is 0 Å². The number of allylic oxidation sites excluding steroid dienone is 3. The Hall–Kier alpha value is -2.54. The Bertz CT molecular complexity index is 827. The molecule has 1 aromatic rings. The number of Topliss-reactive ketones (excluding diaryl/α,β-unsaturated/α-hetero) is 1. The van der Waals surface area contributed by atoms with Crippen LogP contribution in [0.2, 0.25) is 0 Å². The van der Waals surface area contributed by atoms with E-state index in [1.807, 2.05) is 13.8 Å². The minimum atomic E-state index is -0.412. The number of rotatable bonds is 1. The molecule has 24 heavy (non-hydrogen) atoms. The molecule has 0 radical (unpaired) electrons. The van der Waals surface area contributed by atoms with E-state index in [-0.39, 0.29) is 11.7 Å². The zero-order valence-corrected chi connectivity index (χ0v) is 14.6. The van der Waals surface area contributed by atoms with Crippen LogP contribution in [-0.2, 0) is 9.53 Å². The molecule has 1 aromatic carbocycles. The Morgan fingerprint density at radius 3 is 2.38 bits per heavy atom. The summed E-state index contributed by atoms with van der Waals surface area (Å²) in [4.78, 5) is 12.7. The maximum absolute atomic E-state index is 12.7. The van der Waals surface area contributed by atoms with Crippen LogP contribution in [-0.4, -0.2) is 5.78 Å². The molecule has 4 nitrogen and oxygen atoms in total. The largest absolute Gasteiger partial charge is 0.444 e. The van der Waals surface area contributed by atoms with Crippen LogP contribution in [0.5, 0.6) is 0 Å². The van der Waals surface area contributed by atoms with Crippen molar-refractivity contribution < 1.29 is 9.53 Å². The third-order valence-corrected chi connectivity index (χ3v) is 5.32. The summed E-state index contributed by atoms with van der Waals surface area (Å²) in [6.07, 6.45) is 1.96. The zero-order valence-electron chi connectivity index (χ0n) is 14.6. The van der Waals surface area contributed by atoms with Gasteiger partial charge in [-0.15, -0.1) is 0 Å². The van der Waals surface area contributed by atoms with E-state index in [9.17, 15) is 10.1 Å². The summed E-state index contributed by atoms with van der Waals surface area (Å²) < 4.78 is 5.65. The molecule has 0 spiro atoms. The first kappa shape index (κ1) is 16.3. The Labute approximate surface area is 142 Å². The molecule has 4 heteroatoms. The first-order valence-electron chi connectivity index (χ1n) is 8.28. The highest BCUT2D eigenvalue weighted by Crippen LogP contribution is 2.45. The number of carbonyl (C=O) groups excluding carboxylic acids is 1. The highest BCUT2D eigenvalue weighted by atomic mass is 16.5. The second-order valence-corrected chi connectivity index (χ2v) is 6.71. The van der Waals surface area contributed by atoms with Crippen LogP contribution in [0.15, 0.2) is 28.9 Å². The zero-order chi connectivity index (χ0) is 17.6. The molecule has 1 unspecified atom stereocenters. The molecule has 0 aromatic heterocycles. The van der Waals surface area contributed by atoms with Crippen LogP contribution in [0, 0.1) is 39.0 Å². The van der Waals surface area contributed by atoms with Crippen LogP contribution in [0.1, 0.15) is 53.0 Å². The molecule has 0 amide bonds. The number of nitrogens with zero attached hydrogens (tertiary/aromatic N) is 1. The Kier molecular flexibility index (Phi) is 3.96. The molecular weight excluding hydrogens is 300 g/mol. The summed E-state index contributed by atoms with van der Waals surface area (Å²) in [6.45, 7) is 8.21. The molecule has 0 bridgehead atoms. The van der Waals surface area contributed by atoms with Gasteiger partial charge in [-0.1, -0.05) is 6.07 Å². The summed E-state index contributed by atoms with van der Waals surface area (Å²) in [5.41, 5.74) is 12.6. The lowest BCUT2D eigenvalue weighted by Gasteiger charge is -2.33. The van der Waals surface area contributed by atoms with Gasteiger partial charge in [0.15, 0.2) is 5.78 Å². The molecule has 2 N–H and O–H groups in total. The van der Waals surface area contributed by atoms with E-state index in [1.54, 1.807) is 0 Å².